The topological polar surface area (TPSA) is 56.8 Å². The number of ether oxygens (including phenoxy) is 1. The molecule has 1 rings (SSSR count). The van der Waals surface area contributed by atoms with Gasteiger partial charge in [0, 0.05) is 6.07 Å². The van der Waals surface area contributed by atoms with E-state index >= 15 is 0 Å². The summed E-state index contributed by atoms with van der Waals surface area (Å²) in [4.78, 5) is 0. The summed E-state index contributed by atoms with van der Waals surface area (Å²) in [6.07, 6.45) is 0. The van der Waals surface area contributed by atoms with Crippen LogP contribution in [0.1, 0.15) is 11.1 Å². The van der Waals surface area contributed by atoms with E-state index in [9.17, 15) is 0 Å². The highest BCUT2D eigenvalue weighted by Gasteiger charge is 2.07. The number of nitrogens with zero attached hydrogens (tertiary/aromatic N) is 2. The fraction of sp³-hybridized carbons (Fsp3) is 0.111. The van der Waals surface area contributed by atoms with Crippen LogP contribution in [0.4, 0.5) is 0 Å². The van der Waals surface area contributed by atoms with Gasteiger partial charge >= 0.3 is 0 Å². The molecule has 64 valence electrons. The van der Waals surface area contributed by atoms with Crippen molar-refractivity contribution >= 4 is 22.6 Å². The summed E-state index contributed by atoms with van der Waals surface area (Å²) >= 11 is 2.06. The predicted molar refractivity (Wildman–Crippen MR) is 55.1 cm³/mol. The molecule has 0 saturated heterocycles. The molecule has 0 atom stereocenters. The van der Waals surface area contributed by atoms with Gasteiger partial charge in [-0.15, -0.1) is 0 Å². The van der Waals surface area contributed by atoms with Crippen LogP contribution in [0.25, 0.3) is 0 Å². The molecule has 0 saturated carbocycles. The molecule has 0 N–H and O–H groups in total. The maximum absolute atomic E-state index is 8.70. The molecule has 0 aliphatic rings. The van der Waals surface area contributed by atoms with Gasteiger partial charge in [-0.25, -0.2) is 0 Å². The molecular weight excluding hydrogens is 279 g/mol. The van der Waals surface area contributed by atoms with Crippen LogP contribution in [0, 0.1) is 26.2 Å². The lowest BCUT2D eigenvalue weighted by atomic mass is 10.1. The highest BCUT2D eigenvalue weighted by Crippen LogP contribution is 2.24. The molecule has 0 aliphatic carbocycles. The maximum atomic E-state index is 8.70. The predicted octanol–water partition coefficient (Wildman–Crippen LogP) is 2.04. The zero-order valence-electron chi connectivity index (χ0n) is 6.84. The summed E-state index contributed by atoms with van der Waals surface area (Å²) in [5.74, 6) is 0.621. The molecule has 1 aromatic rings. The van der Waals surface area contributed by atoms with Crippen molar-refractivity contribution in [3.05, 3.63) is 26.8 Å². The Hall–Kier alpha value is -1.27. The SMILES string of the molecule is COc1cc(C#N)c(C#N)cc1I. The quantitative estimate of drug-likeness (QED) is 0.741. The number of rotatable bonds is 1. The lowest BCUT2D eigenvalue weighted by Gasteiger charge is -2.03. The molecule has 0 bridgehead atoms. The minimum atomic E-state index is 0.347. The Morgan fingerprint density at radius 1 is 1.23 bits per heavy atom. The monoisotopic (exact) mass is 284 g/mol. The fourth-order valence-corrected chi connectivity index (χ4v) is 1.58. The van der Waals surface area contributed by atoms with E-state index < -0.39 is 0 Å². The van der Waals surface area contributed by atoms with Crippen molar-refractivity contribution in [2.75, 3.05) is 7.11 Å². The molecule has 0 spiro atoms. The van der Waals surface area contributed by atoms with Crippen molar-refractivity contribution in [1.82, 2.24) is 0 Å². The van der Waals surface area contributed by atoms with E-state index in [0.29, 0.717) is 16.9 Å². The van der Waals surface area contributed by atoms with Crippen LogP contribution in [0.3, 0.4) is 0 Å². The second-order valence-electron chi connectivity index (χ2n) is 2.26. The minimum absolute atomic E-state index is 0.347. The van der Waals surface area contributed by atoms with E-state index in [1.54, 1.807) is 12.1 Å². The average Bonchev–Trinajstić information content (AvgIpc) is 2.17. The van der Waals surface area contributed by atoms with Gasteiger partial charge < -0.3 is 4.74 Å². The summed E-state index contributed by atoms with van der Waals surface area (Å²) < 4.78 is 5.85. The molecule has 0 aliphatic heterocycles. The summed E-state index contributed by atoms with van der Waals surface area (Å²) in [6.45, 7) is 0. The summed E-state index contributed by atoms with van der Waals surface area (Å²) in [5.41, 5.74) is 0.729. The highest BCUT2D eigenvalue weighted by molar-refractivity contribution is 14.1. The summed E-state index contributed by atoms with van der Waals surface area (Å²) in [5, 5.41) is 17.4. The van der Waals surface area contributed by atoms with Gasteiger partial charge in [0.15, 0.2) is 0 Å². The van der Waals surface area contributed by atoms with Crippen molar-refractivity contribution in [2.45, 2.75) is 0 Å². The van der Waals surface area contributed by atoms with Crippen LogP contribution >= 0.6 is 22.6 Å². The van der Waals surface area contributed by atoms with Gasteiger partial charge in [-0.2, -0.15) is 10.5 Å². The third-order valence-corrected chi connectivity index (χ3v) is 2.38. The first kappa shape index (κ1) is 9.82. The van der Waals surface area contributed by atoms with Gasteiger partial charge in [0.05, 0.1) is 21.8 Å². The van der Waals surface area contributed by atoms with E-state index in [-0.39, 0.29) is 0 Å². The van der Waals surface area contributed by atoms with Crippen LogP contribution in [-0.2, 0) is 0 Å². The Morgan fingerprint density at radius 2 is 1.77 bits per heavy atom. The number of nitriles is 2. The third kappa shape index (κ3) is 1.90. The Balaban J connectivity index is 3.39. The van der Waals surface area contributed by atoms with Crippen molar-refractivity contribution in [2.24, 2.45) is 0 Å². The summed E-state index contributed by atoms with van der Waals surface area (Å²) in [6, 6.07) is 7.10. The number of benzene rings is 1. The van der Waals surface area contributed by atoms with Crippen molar-refractivity contribution in [3.63, 3.8) is 0 Å². The molecule has 13 heavy (non-hydrogen) atoms. The molecule has 0 amide bonds. The minimum Gasteiger partial charge on any atom is -0.496 e. The third-order valence-electron chi connectivity index (χ3n) is 1.53. The van der Waals surface area contributed by atoms with Gasteiger partial charge in [-0.05, 0) is 28.7 Å². The molecule has 3 nitrogen and oxygen atoms in total. The van der Waals surface area contributed by atoms with Crippen LogP contribution in [0.15, 0.2) is 12.1 Å². The average molecular weight is 284 g/mol. The van der Waals surface area contributed by atoms with E-state index in [2.05, 4.69) is 22.6 Å². The zero-order valence-corrected chi connectivity index (χ0v) is 8.99. The molecule has 0 fully saturated rings. The molecule has 0 aromatic heterocycles. The van der Waals surface area contributed by atoms with Crippen LogP contribution < -0.4 is 4.74 Å². The Bertz CT molecular complexity index is 415. The molecule has 0 unspecified atom stereocenters. The molecule has 0 radical (unpaired) electrons. The van der Waals surface area contributed by atoms with E-state index in [0.717, 1.165) is 3.57 Å². The largest absolute Gasteiger partial charge is 0.496 e. The smallest absolute Gasteiger partial charge is 0.133 e. The van der Waals surface area contributed by atoms with Gasteiger partial charge in [0.1, 0.15) is 17.9 Å². The van der Waals surface area contributed by atoms with Crippen LogP contribution in [-0.4, -0.2) is 7.11 Å². The number of hydrogen-bond donors (Lipinski definition) is 0. The first-order valence-electron chi connectivity index (χ1n) is 3.40. The summed E-state index contributed by atoms with van der Waals surface area (Å²) in [7, 11) is 1.53. The number of methoxy groups -OCH3 is 1. The standard InChI is InChI=1S/C9H5IN2O/c1-13-9-3-7(5-12)6(4-11)2-8(9)10/h2-3H,1H3. The normalized spacial score (nSPS) is 8.62. The van der Waals surface area contributed by atoms with Crippen molar-refractivity contribution in [3.8, 4) is 17.9 Å². The van der Waals surface area contributed by atoms with E-state index in [1.807, 2.05) is 12.1 Å². The Morgan fingerprint density at radius 3 is 2.23 bits per heavy atom. The molecule has 4 heteroatoms. The fourth-order valence-electron chi connectivity index (χ4n) is 0.895. The maximum Gasteiger partial charge on any atom is 0.133 e. The molecular formula is C9H5IN2O. The lowest BCUT2D eigenvalue weighted by Crippen LogP contribution is -1.91. The number of halogens is 1. The highest BCUT2D eigenvalue weighted by atomic mass is 127. The molecule has 1 aromatic carbocycles. The Kier molecular flexibility index (Phi) is 3.10. The lowest BCUT2D eigenvalue weighted by molar-refractivity contribution is 0.411. The van der Waals surface area contributed by atoms with E-state index in [4.69, 9.17) is 15.3 Å². The second kappa shape index (κ2) is 4.11. The number of hydrogen-bond acceptors (Lipinski definition) is 3. The van der Waals surface area contributed by atoms with Crippen LogP contribution in [0.5, 0.6) is 5.75 Å². The van der Waals surface area contributed by atoms with Gasteiger partial charge in [-0.1, -0.05) is 0 Å². The zero-order chi connectivity index (χ0) is 9.84. The van der Waals surface area contributed by atoms with E-state index in [1.165, 1.54) is 7.11 Å². The van der Waals surface area contributed by atoms with Crippen molar-refractivity contribution in [1.29, 1.82) is 10.5 Å². The van der Waals surface area contributed by atoms with Gasteiger partial charge in [0.25, 0.3) is 0 Å². The van der Waals surface area contributed by atoms with Gasteiger partial charge in [-0.3, -0.25) is 0 Å². The molecule has 0 heterocycles. The second-order valence-corrected chi connectivity index (χ2v) is 3.42. The van der Waals surface area contributed by atoms with Crippen LogP contribution in [0.2, 0.25) is 0 Å². The van der Waals surface area contributed by atoms with Gasteiger partial charge in [0.2, 0.25) is 0 Å². The Labute approximate surface area is 89.7 Å². The first-order chi connectivity index (χ1) is 6.22. The van der Waals surface area contributed by atoms with Crippen molar-refractivity contribution < 1.29 is 4.74 Å². The first-order valence-corrected chi connectivity index (χ1v) is 4.48.